The third kappa shape index (κ3) is 9.41. The van der Waals surface area contributed by atoms with Crippen LogP contribution in [0.5, 0.6) is 0 Å². The van der Waals surface area contributed by atoms with Crippen molar-refractivity contribution >= 4 is 24.6 Å². The third-order valence-corrected chi connectivity index (χ3v) is 8.07. The molecule has 2 aromatic carbocycles. The third-order valence-electron chi connectivity index (χ3n) is 7.70. The van der Waals surface area contributed by atoms with E-state index < -0.39 is 17.9 Å². The van der Waals surface area contributed by atoms with Crippen molar-refractivity contribution in [2.75, 3.05) is 0 Å². The molecule has 4 nitrogen and oxygen atoms in total. The average molecular weight is 555 g/mol. The standard InChI is InChI=1S/C34H50O4S/c1-22-18-27(24(32(37)38)16-14-12-10-9-11-13-15-17-31(35)36)28(33(3,4)5)20-25(22)26-21-29(34(6,7)8)30(39)19-23(26)2/h18-21,24,39H,9-17H2,1-8H3,(H,35,36)(H,37,38). The summed E-state index contributed by atoms with van der Waals surface area (Å²) in [6.45, 7) is 17.3. The molecule has 0 aliphatic heterocycles. The number of benzene rings is 2. The van der Waals surface area contributed by atoms with Gasteiger partial charge in [0.15, 0.2) is 0 Å². The molecule has 0 amide bonds. The van der Waals surface area contributed by atoms with Crippen LogP contribution in [-0.2, 0) is 20.4 Å². The fourth-order valence-electron chi connectivity index (χ4n) is 5.46. The highest BCUT2D eigenvalue weighted by molar-refractivity contribution is 7.80. The van der Waals surface area contributed by atoms with Crippen molar-refractivity contribution in [3.63, 3.8) is 0 Å². The number of aryl methyl sites for hydroxylation is 2. The van der Waals surface area contributed by atoms with E-state index in [1.165, 1.54) is 16.7 Å². The van der Waals surface area contributed by atoms with Crippen LogP contribution in [0.1, 0.15) is 133 Å². The summed E-state index contributed by atoms with van der Waals surface area (Å²) in [4.78, 5) is 24.2. The number of carboxylic acid groups (broad SMARTS) is 2. The van der Waals surface area contributed by atoms with Gasteiger partial charge >= 0.3 is 11.9 Å². The maximum absolute atomic E-state index is 12.5. The minimum Gasteiger partial charge on any atom is -0.481 e. The summed E-state index contributed by atoms with van der Waals surface area (Å²) in [7, 11) is 0. The minimum absolute atomic E-state index is 0.0346. The van der Waals surface area contributed by atoms with Gasteiger partial charge in [-0.15, -0.1) is 12.6 Å². The van der Waals surface area contributed by atoms with Crippen molar-refractivity contribution in [1.29, 1.82) is 0 Å². The Labute approximate surface area is 242 Å². The zero-order valence-corrected chi connectivity index (χ0v) is 26.3. The monoisotopic (exact) mass is 554 g/mol. The van der Waals surface area contributed by atoms with E-state index in [0.29, 0.717) is 6.42 Å². The van der Waals surface area contributed by atoms with E-state index in [9.17, 15) is 14.7 Å². The molecule has 0 saturated heterocycles. The van der Waals surface area contributed by atoms with Crippen LogP contribution in [0.4, 0.5) is 0 Å². The highest BCUT2D eigenvalue weighted by Gasteiger charge is 2.29. The van der Waals surface area contributed by atoms with Gasteiger partial charge in [-0.1, -0.05) is 92.2 Å². The number of thiol groups is 1. The highest BCUT2D eigenvalue weighted by atomic mass is 32.1. The smallest absolute Gasteiger partial charge is 0.310 e. The zero-order chi connectivity index (χ0) is 29.5. The van der Waals surface area contributed by atoms with Crippen molar-refractivity contribution in [3.05, 3.63) is 52.1 Å². The van der Waals surface area contributed by atoms with E-state index in [1.54, 1.807) is 0 Å². The molecular formula is C34H50O4S. The lowest BCUT2D eigenvalue weighted by Gasteiger charge is -2.29. The Bertz CT molecular complexity index is 1150. The predicted octanol–water partition coefficient (Wildman–Crippen LogP) is 9.62. The second kappa shape index (κ2) is 13.9. The number of aliphatic carboxylic acids is 2. The number of carbonyl (C=O) groups is 2. The Hall–Kier alpha value is -2.27. The topological polar surface area (TPSA) is 74.6 Å². The van der Waals surface area contributed by atoms with Gasteiger partial charge in [0.2, 0.25) is 0 Å². The van der Waals surface area contributed by atoms with Crippen LogP contribution in [0.15, 0.2) is 29.2 Å². The van der Waals surface area contributed by atoms with Gasteiger partial charge in [-0.2, -0.15) is 0 Å². The van der Waals surface area contributed by atoms with Crippen LogP contribution < -0.4 is 0 Å². The van der Waals surface area contributed by atoms with Crippen LogP contribution >= 0.6 is 12.6 Å². The highest BCUT2D eigenvalue weighted by Crippen LogP contribution is 2.41. The molecule has 0 saturated carbocycles. The van der Waals surface area contributed by atoms with Crippen molar-refractivity contribution in [1.82, 2.24) is 0 Å². The normalized spacial score (nSPS) is 12.9. The molecule has 0 aromatic heterocycles. The average Bonchev–Trinajstić information content (AvgIpc) is 2.78. The quantitative estimate of drug-likeness (QED) is 0.170. The summed E-state index contributed by atoms with van der Waals surface area (Å²) >= 11 is 4.77. The van der Waals surface area contributed by atoms with E-state index in [2.05, 4.69) is 79.7 Å². The number of unbranched alkanes of at least 4 members (excludes halogenated alkanes) is 6. The molecule has 0 spiro atoms. The Morgan fingerprint density at radius 3 is 1.67 bits per heavy atom. The maximum Gasteiger partial charge on any atom is 0.310 e. The Morgan fingerprint density at radius 2 is 1.18 bits per heavy atom. The van der Waals surface area contributed by atoms with Crippen LogP contribution in [0.3, 0.4) is 0 Å². The molecule has 1 unspecified atom stereocenters. The van der Waals surface area contributed by atoms with Crippen molar-refractivity contribution in [2.45, 2.75) is 135 Å². The molecule has 1 atom stereocenters. The fourth-order valence-corrected chi connectivity index (χ4v) is 6.06. The summed E-state index contributed by atoms with van der Waals surface area (Å²) in [5, 5.41) is 19.0. The molecule has 0 aliphatic carbocycles. The summed E-state index contributed by atoms with van der Waals surface area (Å²) in [5.41, 5.74) is 7.61. The van der Waals surface area contributed by atoms with Gasteiger partial charge in [-0.3, -0.25) is 9.59 Å². The van der Waals surface area contributed by atoms with Crippen molar-refractivity contribution in [3.8, 4) is 11.1 Å². The predicted molar refractivity (Wildman–Crippen MR) is 166 cm³/mol. The number of carboxylic acids is 2. The lowest BCUT2D eigenvalue weighted by atomic mass is 9.75. The first-order valence-electron chi connectivity index (χ1n) is 14.5. The van der Waals surface area contributed by atoms with E-state index in [1.807, 2.05) is 0 Å². The van der Waals surface area contributed by atoms with Crippen LogP contribution in [0.2, 0.25) is 0 Å². The molecule has 2 aromatic rings. The minimum atomic E-state index is -0.757. The van der Waals surface area contributed by atoms with E-state index in [4.69, 9.17) is 17.7 Å². The van der Waals surface area contributed by atoms with Gasteiger partial charge in [0.25, 0.3) is 0 Å². The second-order valence-electron chi connectivity index (χ2n) is 13.2. The van der Waals surface area contributed by atoms with Crippen LogP contribution in [-0.4, -0.2) is 22.2 Å². The lowest BCUT2D eigenvalue weighted by Crippen LogP contribution is -2.21. The van der Waals surface area contributed by atoms with Crippen molar-refractivity contribution < 1.29 is 19.8 Å². The summed E-state index contributed by atoms with van der Waals surface area (Å²) < 4.78 is 0. The Morgan fingerprint density at radius 1 is 0.718 bits per heavy atom. The van der Waals surface area contributed by atoms with Gasteiger partial charge in [0.1, 0.15) is 0 Å². The van der Waals surface area contributed by atoms with E-state index in [-0.39, 0.29) is 17.3 Å². The Kier molecular flexibility index (Phi) is 11.7. The van der Waals surface area contributed by atoms with Gasteiger partial charge in [-0.05, 0) is 88.6 Å². The molecule has 0 fully saturated rings. The first-order chi connectivity index (χ1) is 18.0. The molecule has 216 valence electrons. The van der Waals surface area contributed by atoms with Gasteiger partial charge < -0.3 is 10.2 Å². The van der Waals surface area contributed by atoms with Gasteiger partial charge in [0.05, 0.1) is 5.92 Å². The maximum atomic E-state index is 12.5. The molecule has 2 N–H and O–H groups in total. The first-order valence-corrected chi connectivity index (χ1v) is 14.9. The van der Waals surface area contributed by atoms with E-state index in [0.717, 1.165) is 72.1 Å². The number of hydrogen-bond acceptors (Lipinski definition) is 3. The molecule has 0 heterocycles. The largest absolute Gasteiger partial charge is 0.481 e. The van der Waals surface area contributed by atoms with Gasteiger partial charge in [-0.25, -0.2) is 0 Å². The van der Waals surface area contributed by atoms with Gasteiger partial charge in [0, 0.05) is 11.3 Å². The molecule has 39 heavy (non-hydrogen) atoms. The number of hydrogen-bond donors (Lipinski definition) is 3. The second-order valence-corrected chi connectivity index (χ2v) is 13.7. The van der Waals surface area contributed by atoms with Crippen LogP contribution in [0, 0.1) is 13.8 Å². The molecule has 2 rings (SSSR count). The first kappa shape index (κ1) is 32.9. The van der Waals surface area contributed by atoms with E-state index >= 15 is 0 Å². The molecule has 0 radical (unpaired) electrons. The number of rotatable bonds is 13. The molecule has 0 aliphatic rings. The summed E-state index contributed by atoms with van der Waals surface area (Å²) in [6, 6.07) is 8.78. The zero-order valence-electron chi connectivity index (χ0n) is 25.4. The Balaban J connectivity index is 2.32. The molecule has 5 heteroatoms. The van der Waals surface area contributed by atoms with Crippen molar-refractivity contribution in [2.24, 2.45) is 0 Å². The van der Waals surface area contributed by atoms with Crippen LogP contribution in [0.25, 0.3) is 11.1 Å². The SMILES string of the molecule is Cc1cc(S)c(C(C)(C)C)cc1-c1cc(C(C)(C)C)c(C(CCCCCCCCCC(=O)O)C(=O)O)cc1C. The molecule has 0 bridgehead atoms. The lowest BCUT2D eigenvalue weighted by molar-refractivity contribution is -0.139. The summed E-state index contributed by atoms with van der Waals surface area (Å²) in [6.07, 6.45) is 7.57. The molecular weight excluding hydrogens is 504 g/mol. The summed E-state index contributed by atoms with van der Waals surface area (Å²) in [5.74, 6) is -2.02. The fraction of sp³-hybridized carbons (Fsp3) is 0.588.